The van der Waals surface area contributed by atoms with Gasteiger partial charge in [0.05, 0.1) is 6.54 Å². The minimum atomic E-state index is 0.240. The van der Waals surface area contributed by atoms with Crippen LogP contribution in [0.4, 0.5) is 5.82 Å². The van der Waals surface area contributed by atoms with E-state index >= 15 is 0 Å². The summed E-state index contributed by atoms with van der Waals surface area (Å²) < 4.78 is 0. The molecule has 1 aliphatic heterocycles. The number of nitrogen functional groups attached to an aromatic ring is 1. The van der Waals surface area contributed by atoms with E-state index in [0.29, 0.717) is 30.7 Å². The van der Waals surface area contributed by atoms with E-state index in [1.54, 1.807) is 12.3 Å². The minimum absolute atomic E-state index is 0.240. The van der Waals surface area contributed by atoms with Gasteiger partial charge in [-0.05, 0) is 43.0 Å². The number of benzene rings is 1. The third-order valence-corrected chi connectivity index (χ3v) is 5.53. The number of likely N-dealkylation sites (N-methyl/N-ethyl adjacent to an activating group) is 1. The number of carbonyl (C=O) groups is 1. The molecule has 1 unspecified atom stereocenters. The second kappa shape index (κ2) is 9.15. The molecule has 1 aromatic heterocycles. The molecular weight excluding hydrogens is 350 g/mol. The smallest absolute Gasteiger partial charge is 0.222 e. The van der Waals surface area contributed by atoms with Crippen molar-refractivity contribution >= 4 is 11.7 Å². The van der Waals surface area contributed by atoms with Crippen LogP contribution in [0.15, 0.2) is 36.5 Å². The molecule has 150 valence electrons. The number of amides is 1. The Morgan fingerprint density at radius 1 is 1.29 bits per heavy atom. The molecule has 1 amide bonds. The maximum atomic E-state index is 12.6. The van der Waals surface area contributed by atoms with Crippen molar-refractivity contribution in [3.05, 3.63) is 53.5 Å². The molecule has 1 atom stereocenters. The van der Waals surface area contributed by atoms with Crippen molar-refractivity contribution in [3.63, 3.8) is 0 Å². The van der Waals surface area contributed by atoms with Crippen LogP contribution in [0.1, 0.15) is 49.6 Å². The van der Waals surface area contributed by atoms with E-state index in [1.807, 2.05) is 4.90 Å². The van der Waals surface area contributed by atoms with Crippen LogP contribution in [0.5, 0.6) is 0 Å². The topological polar surface area (TPSA) is 75.4 Å². The van der Waals surface area contributed by atoms with Crippen molar-refractivity contribution in [1.82, 2.24) is 19.8 Å². The normalized spacial score (nSPS) is 16.9. The number of rotatable bonds is 7. The van der Waals surface area contributed by atoms with E-state index in [0.717, 1.165) is 31.8 Å². The summed E-state index contributed by atoms with van der Waals surface area (Å²) in [6, 6.07) is 10.7. The molecule has 0 aliphatic carbocycles. The Labute approximate surface area is 167 Å². The zero-order chi connectivity index (χ0) is 20.1. The summed E-state index contributed by atoms with van der Waals surface area (Å²) in [5, 5.41) is 0. The number of aryl methyl sites for hydroxylation is 1. The molecule has 1 saturated heterocycles. The highest BCUT2D eigenvalue weighted by Crippen LogP contribution is 2.19. The minimum Gasteiger partial charge on any atom is -0.384 e. The summed E-state index contributed by atoms with van der Waals surface area (Å²) in [6.45, 7) is 6.61. The first-order valence-corrected chi connectivity index (χ1v) is 10.1. The fourth-order valence-corrected chi connectivity index (χ4v) is 3.65. The van der Waals surface area contributed by atoms with Gasteiger partial charge in [-0.1, -0.05) is 38.1 Å². The predicted molar refractivity (Wildman–Crippen MR) is 112 cm³/mol. The molecule has 6 heteroatoms. The Bertz CT molecular complexity index is 790. The van der Waals surface area contributed by atoms with Crippen molar-refractivity contribution in [3.8, 4) is 0 Å². The molecule has 0 spiro atoms. The van der Waals surface area contributed by atoms with E-state index in [4.69, 9.17) is 5.73 Å². The molecule has 0 bridgehead atoms. The number of hydrogen-bond donors (Lipinski definition) is 1. The van der Waals surface area contributed by atoms with Crippen LogP contribution in [-0.4, -0.2) is 51.9 Å². The standard InChI is InChI=1S/C22H31N5O/c1-16(2)18-7-4-17(5-8-18)6-9-22(28)27-13-11-19(14-27)26(3)15-21-24-12-10-20(23)25-21/h4-5,7-8,10,12,16,19H,6,9,11,13-15H2,1-3H3,(H2,23,24,25). The lowest BCUT2D eigenvalue weighted by molar-refractivity contribution is -0.130. The maximum absolute atomic E-state index is 12.6. The third-order valence-electron chi connectivity index (χ3n) is 5.53. The average molecular weight is 382 g/mol. The number of nitrogens with two attached hydrogens (primary N) is 1. The highest BCUT2D eigenvalue weighted by atomic mass is 16.2. The molecule has 0 saturated carbocycles. The van der Waals surface area contributed by atoms with E-state index in [9.17, 15) is 4.79 Å². The summed E-state index contributed by atoms with van der Waals surface area (Å²) in [4.78, 5) is 25.4. The number of hydrogen-bond acceptors (Lipinski definition) is 5. The van der Waals surface area contributed by atoms with Gasteiger partial charge in [-0.15, -0.1) is 0 Å². The van der Waals surface area contributed by atoms with Crippen LogP contribution >= 0.6 is 0 Å². The molecule has 2 heterocycles. The lowest BCUT2D eigenvalue weighted by Crippen LogP contribution is -2.36. The Morgan fingerprint density at radius 2 is 2.04 bits per heavy atom. The third kappa shape index (κ3) is 5.29. The van der Waals surface area contributed by atoms with Gasteiger partial charge in [0.1, 0.15) is 11.6 Å². The van der Waals surface area contributed by atoms with Gasteiger partial charge in [-0.25, -0.2) is 9.97 Å². The van der Waals surface area contributed by atoms with Gasteiger partial charge in [0.15, 0.2) is 0 Å². The lowest BCUT2D eigenvalue weighted by Gasteiger charge is -2.24. The molecule has 1 fully saturated rings. The molecule has 3 rings (SSSR count). The second-order valence-electron chi connectivity index (χ2n) is 7.99. The molecule has 2 aromatic rings. The number of nitrogens with zero attached hydrogens (tertiary/aromatic N) is 4. The fraction of sp³-hybridized carbons (Fsp3) is 0.500. The number of aromatic nitrogens is 2. The van der Waals surface area contributed by atoms with Gasteiger partial charge in [-0.2, -0.15) is 0 Å². The Kier molecular flexibility index (Phi) is 6.62. The monoisotopic (exact) mass is 381 g/mol. The Hall–Kier alpha value is -2.47. The highest BCUT2D eigenvalue weighted by molar-refractivity contribution is 5.76. The summed E-state index contributed by atoms with van der Waals surface area (Å²) >= 11 is 0. The summed E-state index contributed by atoms with van der Waals surface area (Å²) in [5.41, 5.74) is 8.30. The number of likely N-dealkylation sites (tertiary alicyclic amines) is 1. The fourth-order valence-electron chi connectivity index (χ4n) is 3.65. The molecular formula is C22H31N5O. The van der Waals surface area contributed by atoms with Crippen LogP contribution in [-0.2, 0) is 17.8 Å². The van der Waals surface area contributed by atoms with Crippen molar-refractivity contribution in [2.24, 2.45) is 0 Å². The van der Waals surface area contributed by atoms with Crippen LogP contribution in [0.2, 0.25) is 0 Å². The summed E-state index contributed by atoms with van der Waals surface area (Å²) in [5.74, 6) is 1.98. The summed E-state index contributed by atoms with van der Waals surface area (Å²) in [7, 11) is 2.06. The number of carbonyl (C=O) groups excluding carboxylic acids is 1. The Morgan fingerprint density at radius 3 is 2.71 bits per heavy atom. The molecule has 1 aliphatic rings. The van der Waals surface area contributed by atoms with Gasteiger partial charge in [0.25, 0.3) is 0 Å². The van der Waals surface area contributed by atoms with Crippen molar-refractivity contribution in [1.29, 1.82) is 0 Å². The van der Waals surface area contributed by atoms with Gasteiger partial charge in [-0.3, -0.25) is 9.69 Å². The van der Waals surface area contributed by atoms with E-state index in [1.165, 1.54) is 11.1 Å². The average Bonchev–Trinajstić information content (AvgIpc) is 3.17. The zero-order valence-electron chi connectivity index (χ0n) is 17.1. The molecule has 6 nitrogen and oxygen atoms in total. The van der Waals surface area contributed by atoms with Gasteiger partial charge in [0.2, 0.25) is 5.91 Å². The van der Waals surface area contributed by atoms with Crippen LogP contribution in [0.3, 0.4) is 0 Å². The molecule has 2 N–H and O–H groups in total. The van der Waals surface area contributed by atoms with Gasteiger partial charge < -0.3 is 10.6 Å². The zero-order valence-corrected chi connectivity index (χ0v) is 17.1. The van der Waals surface area contributed by atoms with E-state index in [2.05, 4.69) is 60.0 Å². The van der Waals surface area contributed by atoms with Crippen molar-refractivity contribution in [2.45, 2.75) is 51.6 Å². The highest BCUT2D eigenvalue weighted by Gasteiger charge is 2.28. The maximum Gasteiger partial charge on any atom is 0.222 e. The summed E-state index contributed by atoms with van der Waals surface area (Å²) in [6.07, 6.45) is 4.03. The van der Waals surface area contributed by atoms with Crippen LogP contribution in [0.25, 0.3) is 0 Å². The molecule has 1 aromatic carbocycles. The largest absolute Gasteiger partial charge is 0.384 e. The first-order valence-electron chi connectivity index (χ1n) is 10.1. The molecule has 28 heavy (non-hydrogen) atoms. The van der Waals surface area contributed by atoms with Gasteiger partial charge in [0, 0.05) is 31.7 Å². The van der Waals surface area contributed by atoms with Crippen LogP contribution < -0.4 is 5.73 Å². The SMILES string of the molecule is CC(C)c1ccc(CCC(=O)N2CCC(N(C)Cc3nccc(N)n3)C2)cc1. The lowest BCUT2D eigenvalue weighted by atomic mass is 10.0. The number of anilines is 1. The molecule has 0 radical (unpaired) electrons. The van der Waals surface area contributed by atoms with E-state index in [-0.39, 0.29) is 5.91 Å². The first-order chi connectivity index (χ1) is 13.4. The second-order valence-corrected chi connectivity index (χ2v) is 7.99. The first kappa shape index (κ1) is 20.3. The Balaban J connectivity index is 1.47. The van der Waals surface area contributed by atoms with Gasteiger partial charge >= 0.3 is 0 Å². The predicted octanol–water partition coefficient (Wildman–Crippen LogP) is 2.85. The quantitative estimate of drug-likeness (QED) is 0.798. The van der Waals surface area contributed by atoms with E-state index < -0.39 is 0 Å². The van der Waals surface area contributed by atoms with Crippen LogP contribution in [0, 0.1) is 0 Å². The van der Waals surface area contributed by atoms with Crippen molar-refractivity contribution in [2.75, 3.05) is 25.9 Å². The van der Waals surface area contributed by atoms with Crippen molar-refractivity contribution < 1.29 is 4.79 Å².